The van der Waals surface area contributed by atoms with Gasteiger partial charge in [-0.05, 0) is 42.5 Å². The molecule has 0 saturated heterocycles. The number of aromatic nitrogens is 2. The van der Waals surface area contributed by atoms with Gasteiger partial charge in [0.05, 0.1) is 22.8 Å². The average molecular weight is 406 g/mol. The predicted octanol–water partition coefficient (Wildman–Crippen LogP) is 5.61. The Morgan fingerprint density at radius 3 is 2.41 bits per heavy atom. The van der Waals surface area contributed by atoms with Crippen LogP contribution in [0.3, 0.4) is 0 Å². The second-order valence-corrected chi connectivity index (χ2v) is 6.48. The molecule has 1 aliphatic rings. The number of rotatable bonds is 3. The van der Waals surface area contributed by atoms with Crippen LogP contribution < -0.4 is 4.90 Å². The lowest BCUT2D eigenvalue weighted by atomic mass is 10.2. The van der Waals surface area contributed by atoms with Crippen LogP contribution in [0.1, 0.15) is 24.6 Å². The lowest BCUT2D eigenvalue weighted by Crippen LogP contribution is -2.30. The number of fused-ring (bicyclic) bond motifs is 1. The fourth-order valence-electron chi connectivity index (χ4n) is 3.29. The van der Waals surface area contributed by atoms with Gasteiger partial charge in [-0.2, -0.15) is 13.2 Å². The van der Waals surface area contributed by atoms with E-state index in [0.717, 1.165) is 24.5 Å². The molecule has 0 amide bonds. The third-order valence-electron chi connectivity index (χ3n) is 4.61. The molecular weight excluding hydrogens is 391 g/mol. The van der Waals surface area contributed by atoms with E-state index < -0.39 is 29.7 Å². The zero-order chi connectivity index (χ0) is 20.8. The van der Waals surface area contributed by atoms with Crippen molar-refractivity contribution in [2.45, 2.75) is 25.8 Å². The van der Waals surface area contributed by atoms with Gasteiger partial charge >= 0.3 is 6.18 Å². The zero-order valence-corrected chi connectivity index (χ0v) is 15.2. The van der Waals surface area contributed by atoms with Crippen molar-refractivity contribution in [3.05, 3.63) is 71.7 Å². The van der Waals surface area contributed by atoms with Gasteiger partial charge in [-0.25, -0.2) is 18.8 Å². The van der Waals surface area contributed by atoms with Crippen molar-refractivity contribution in [2.24, 2.45) is 4.99 Å². The highest BCUT2D eigenvalue weighted by Gasteiger charge is 2.31. The molecule has 150 valence electrons. The standard InChI is InChI=1S/C20H15F5N4/c1-2-18-27-16-8-5-13(21)9-17(16)29(18)19-26-10-14(22)11-28(19)15-6-3-12(4-7-15)20(23,24)25/h3-11,19H,2H2,1H3. The summed E-state index contributed by atoms with van der Waals surface area (Å²) < 4.78 is 68.1. The van der Waals surface area contributed by atoms with Crippen LogP contribution in [0, 0.1) is 5.82 Å². The van der Waals surface area contributed by atoms with E-state index in [2.05, 4.69) is 9.98 Å². The lowest BCUT2D eigenvalue weighted by Gasteiger charge is -2.32. The summed E-state index contributed by atoms with van der Waals surface area (Å²) >= 11 is 0. The first-order valence-electron chi connectivity index (χ1n) is 8.80. The number of nitrogens with zero attached hydrogens (tertiary/aromatic N) is 4. The monoisotopic (exact) mass is 406 g/mol. The van der Waals surface area contributed by atoms with Crippen molar-refractivity contribution >= 4 is 22.9 Å². The van der Waals surface area contributed by atoms with E-state index >= 15 is 0 Å². The van der Waals surface area contributed by atoms with Crippen LogP contribution in [0.4, 0.5) is 27.6 Å². The number of halogens is 5. The van der Waals surface area contributed by atoms with Crippen molar-refractivity contribution in [3.63, 3.8) is 0 Å². The first-order chi connectivity index (χ1) is 13.8. The minimum absolute atomic E-state index is 0.301. The summed E-state index contributed by atoms with van der Waals surface area (Å²) in [5.74, 6) is -0.543. The Hall–Kier alpha value is -3.23. The highest BCUT2D eigenvalue weighted by Crippen LogP contribution is 2.35. The van der Waals surface area contributed by atoms with E-state index in [-0.39, 0.29) is 0 Å². The molecule has 1 aliphatic heterocycles. The Morgan fingerprint density at radius 1 is 1.03 bits per heavy atom. The number of imidazole rings is 1. The Balaban J connectivity index is 1.84. The summed E-state index contributed by atoms with van der Waals surface area (Å²) in [4.78, 5) is 10.1. The van der Waals surface area contributed by atoms with Crippen LogP contribution in [-0.2, 0) is 12.6 Å². The first-order valence-corrected chi connectivity index (χ1v) is 8.80. The van der Waals surface area contributed by atoms with Crippen LogP contribution in [0.15, 0.2) is 59.5 Å². The molecule has 2 aromatic carbocycles. The number of aliphatic imine (C=N–C) groups is 1. The molecule has 2 heterocycles. The Kier molecular flexibility index (Phi) is 4.60. The maximum absolute atomic E-state index is 14.0. The van der Waals surface area contributed by atoms with Crippen molar-refractivity contribution in [1.29, 1.82) is 0 Å². The highest BCUT2D eigenvalue weighted by molar-refractivity contribution is 5.80. The van der Waals surface area contributed by atoms with Crippen molar-refractivity contribution in [3.8, 4) is 0 Å². The molecule has 0 N–H and O–H groups in total. The second-order valence-electron chi connectivity index (χ2n) is 6.48. The van der Waals surface area contributed by atoms with Crippen LogP contribution in [0.25, 0.3) is 11.0 Å². The topological polar surface area (TPSA) is 33.4 Å². The summed E-state index contributed by atoms with van der Waals surface area (Å²) in [5, 5.41) is 0. The molecule has 0 saturated carbocycles. The maximum atomic E-state index is 14.0. The summed E-state index contributed by atoms with van der Waals surface area (Å²) in [6.07, 6.45) is -2.68. The predicted molar refractivity (Wildman–Crippen MR) is 99.7 cm³/mol. The quantitative estimate of drug-likeness (QED) is 0.530. The van der Waals surface area contributed by atoms with Gasteiger partial charge in [-0.3, -0.25) is 4.57 Å². The Morgan fingerprint density at radius 2 is 1.76 bits per heavy atom. The van der Waals surface area contributed by atoms with E-state index in [1.165, 1.54) is 35.2 Å². The molecule has 1 atom stereocenters. The van der Waals surface area contributed by atoms with E-state index in [9.17, 15) is 22.0 Å². The molecule has 4 rings (SSSR count). The summed E-state index contributed by atoms with van der Waals surface area (Å²) in [6, 6.07) is 8.45. The maximum Gasteiger partial charge on any atom is 0.416 e. The van der Waals surface area contributed by atoms with E-state index in [1.807, 2.05) is 6.92 Å². The number of benzene rings is 2. The minimum Gasteiger partial charge on any atom is -0.305 e. The lowest BCUT2D eigenvalue weighted by molar-refractivity contribution is -0.137. The van der Waals surface area contributed by atoms with Gasteiger partial charge in [0, 0.05) is 18.3 Å². The minimum atomic E-state index is -4.48. The third-order valence-corrected chi connectivity index (χ3v) is 4.61. The van der Waals surface area contributed by atoms with Gasteiger partial charge in [0.15, 0.2) is 5.83 Å². The first kappa shape index (κ1) is 19.1. The number of anilines is 1. The molecule has 9 heteroatoms. The van der Waals surface area contributed by atoms with Crippen molar-refractivity contribution < 1.29 is 22.0 Å². The fraction of sp³-hybridized carbons (Fsp3) is 0.200. The molecule has 29 heavy (non-hydrogen) atoms. The zero-order valence-electron chi connectivity index (χ0n) is 15.2. The van der Waals surface area contributed by atoms with Gasteiger partial charge in [0.1, 0.15) is 11.6 Å². The molecule has 0 radical (unpaired) electrons. The van der Waals surface area contributed by atoms with Crippen LogP contribution >= 0.6 is 0 Å². The molecule has 0 aliphatic carbocycles. The van der Waals surface area contributed by atoms with Crippen LogP contribution in [-0.4, -0.2) is 15.8 Å². The summed E-state index contributed by atoms with van der Waals surface area (Å²) in [7, 11) is 0. The number of aryl methyl sites for hydroxylation is 1. The molecular formula is C20H15F5N4. The van der Waals surface area contributed by atoms with Gasteiger partial charge < -0.3 is 4.90 Å². The molecule has 0 bridgehead atoms. The highest BCUT2D eigenvalue weighted by atomic mass is 19.4. The Labute approximate surface area is 162 Å². The van der Waals surface area contributed by atoms with E-state index in [4.69, 9.17) is 0 Å². The third kappa shape index (κ3) is 3.48. The number of hydrogen-bond donors (Lipinski definition) is 0. The van der Waals surface area contributed by atoms with Crippen LogP contribution in [0.2, 0.25) is 0 Å². The van der Waals surface area contributed by atoms with Crippen molar-refractivity contribution in [1.82, 2.24) is 9.55 Å². The number of hydrogen-bond acceptors (Lipinski definition) is 3. The van der Waals surface area contributed by atoms with E-state index in [1.54, 1.807) is 4.57 Å². The fourth-order valence-corrected chi connectivity index (χ4v) is 3.29. The SMILES string of the molecule is CCc1nc2ccc(F)cc2n1C1N=CC(F)=CN1c1ccc(C(F)(F)F)cc1. The van der Waals surface area contributed by atoms with Crippen LogP contribution in [0.5, 0.6) is 0 Å². The Bertz CT molecular complexity index is 1110. The molecule has 4 nitrogen and oxygen atoms in total. The largest absolute Gasteiger partial charge is 0.416 e. The van der Waals surface area contributed by atoms with Gasteiger partial charge in [0.2, 0.25) is 6.29 Å². The molecule has 0 fully saturated rings. The number of alkyl halides is 3. The normalized spacial score (nSPS) is 17.1. The average Bonchev–Trinajstić information content (AvgIpc) is 3.05. The second kappa shape index (κ2) is 6.98. The van der Waals surface area contributed by atoms with E-state index in [0.29, 0.717) is 29.0 Å². The summed E-state index contributed by atoms with van der Waals surface area (Å²) in [6.45, 7) is 1.86. The molecule has 3 aromatic rings. The number of allylic oxidation sites excluding steroid dienone is 1. The van der Waals surface area contributed by atoms with Crippen molar-refractivity contribution in [2.75, 3.05) is 4.90 Å². The molecule has 1 unspecified atom stereocenters. The molecule has 0 spiro atoms. The summed E-state index contributed by atoms with van der Waals surface area (Å²) in [5.41, 5.74) is 0.486. The molecule has 1 aromatic heterocycles. The van der Waals surface area contributed by atoms with Gasteiger partial charge in [0.25, 0.3) is 0 Å². The van der Waals surface area contributed by atoms with Gasteiger partial charge in [-0.1, -0.05) is 6.92 Å². The van der Waals surface area contributed by atoms with Gasteiger partial charge in [-0.15, -0.1) is 0 Å². The smallest absolute Gasteiger partial charge is 0.305 e.